The largest absolute Gasteiger partial charge is 0.378 e. The van der Waals surface area contributed by atoms with Gasteiger partial charge in [0, 0.05) is 13.2 Å². The Bertz CT molecular complexity index is 180. The second-order valence-electron chi connectivity index (χ2n) is 4.92. The number of alkyl halides is 1. The fourth-order valence-corrected chi connectivity index (χ4v) is 2.12. The highest BCUT2D eigenvalue weighted by atomic mass is 19.1. The molecule has 0 radical (unpaired) electrons. The van der Waals surface area contributed by atoms with E-state index in [-0.39, 0.29) is 12.5 Å². The van der Waals surface area contributed by atoms with Crippen LogP contribution in [0.3, 0.4) is 0 Å². The lowest BCUT2D eigenvalue weighted by molar-refractivity contribution is 0.0737. The molecule has 1 rings (SSSR count). The third kappa shape index (κ3) is 3.72. The van der Waals surface area contributed by atoms with E-state index in [1.54, 1.807) is 0 Å². The summed E-state index contributed by atoms with van der Waals surface area (Å²) in [6, 6.07) is 0. The zero-order valence-electron chi connectivity index (χ0n) is 9.97. The molecule has 1 saturated heterocycles. The maximum Gasteiger partial charge on any atom is 0.125 e. The Labute approximate surface area is 92.4 Å². The van der Waals surface area contributed by atoms with E-state index in [0.29, 0.717) is 12.5 Å². The molecule has 0 spiro atoms. The Morgan fingerprint density at radius 3 is 2.73 bits per heavy atom. The number of hydrogen-bond donors (Lipinski definition) is 1. The van der Waals surface area contributed by atoms with Gasteiger partial charge in [-0.3, -0.25) is 0 Å². The van der Waals surface area contributed by atoms with Crippen molar-refractivity contribution in [3.8, 4) is 0 Å². The molecule has 0 aromatic carbocycles. The van der Waals surface area contributed by atoms with Gasteiger partial charge in [-0.1, -0.05) is 13.8 Å². The third-order valence-corrected chi connectivity index (χ3v) is 3.52. The molecule has 2 atom stereocenters. The summed E-state index contributed by atoms with van der Waals surface area (Å²) in [5, 5.41) is 0. The van der Waals surface area contributed by atoms with Crippen LogP contribution in [0.1, 0.15) is 46.0 Å². The summed E-state index contributed by atoms with van der Waals surface area (Å²) in [6.07, 6.45) is 5.12. The van der Waals surface area contributed by atoms with E-state index in [1.807, 2.05) is 13.8 Å². The molecule has 1 aliphatic rings. The molecule has 15 heavy (non-hydrogen) atoms. The van der Waals surface area contributed by atoms with Crippen LogP contribution in [-0.4, -0.2) is 24.9 Å². The average molecular weight is 217 g/mol. The van der Waals surface area contributed by atoms with Crippen molar-refractivity contribution in [3.63, 3.8) is 0 Å². The first-order valence-corrected chi connectivity index (χ1v) is 6.09. The van der Waals surface area contributed by atoms with Crippen LogP contribution in [0.25, 0.3) is 0 Å². The first kappa shape index (κ1) is 12.9. The van der Waals surface area contributed by atoms with Gasteiger partial charge in [0.1, 0.15) is 5.67 Å². The molecule has 0 saturated carbocycles. The van der Waals surface area contributed by atoms with E-state index in [4.69, 9.17) is 10.5 Å². The number of rotatable bonds is 6. The van der Waals surface area contributed by atoms with Crippen molar-refractivity contribution in [1.29, 1.82) is 0 Å². The predicted molar refractivity (Wildman–Crippen MR) is 60.6 cm³/mol. The van der Waals surface area contributed by atoms with Gasteiger partial charge in [-0.25, -0.2) is 4.39 Å². The van der Waals surface area contributed by atoms with Gasteiger partial charge in [-0.15, -0.1) is 0 Å². The zero-order valence-corrected chi connectivity index (χ0v) is 9.97. The van der Waals surface area contributed by atoms with Crippen LogP contribution in [0.5, 0.6) is 0 Å². The lowest BCUT2D eigenvalue weighted by Crippen LogP contribution is -2.38. The Balaban J connectivity index is 2.22. The summed E-state index contributed by atoms with van der Waals surface area (Å²) in [5.41, 5.74) is 4.31. The van der Waals surface area contributed by atoms with E-state index >= 15 is 0 Å². The quantitative estimate of drug-likeness (QED) is 0.742. The monoisotopic (exact) mass is 217 g/mol. The normalized spacial score (nSPS) is 25.8. The highest BCUT2D eigenvalue weighted by molar-refractivity contribution is 4.84. The molecular weight excluding hydrogens is 193 g/mol. The number of halogens is 1. The molecule has 1 aliphatic heterocycles. The Kier molecular flexibility index (Phi) is 5.00. The molecule has 0 aromatic heterocycles. The highest BCUT2D eigenvalue weighted by Gasteiger charge is 2.31. The van der Waals surface area contributed by atoms with Crippen molar-refractivity contribution in [3.05, 3.63) is 0 Å². The predicted octanol–water partition coefficient (Wildman–Crippen LogP) is 2.66. The maximum absolute atomic E-state index is 14.2. The molecule has 0 bridgehead atoms. The van der Waals surface area contributed by atoms with E-state index in [0.717, 1.165) is 32.3 Å². The Morgan fingerprint density at radius 2 is 2.27 bits per heavy atom. The Morgan fingerprint density at radius 1 is 1.53 bits per heavy atom. The lowest BCUT2D eigenvalue weighted by atomic mass is 9.87. The minimum Gasteiger partial charge on any atom is -0.378 e. The summed E-state index contributed by atoms with van der Waals surface area (Å²) >= 11 is 0. The van der Waals surface area contributed by atoms with Gasteiger partial charge in [0.2, 0.25) is 0 Å². The topological polar surface area (TPSA) is 35.2 Å². The number of hydrogen-bond acceptors (Lipinski definition) is 2. The molecule has 0 aliphatic carbocycles. The molecule has 90 valence electrons. The van der Waals surface area contributed by atoms with Crippen LogP contribution >= 0.6 is 0 Å². The molecule has 2 N–H and O–H groups in total. The van der Waals surface area contributed by atoms with Gasteiger partial charge < -0.3 is 10.5 Å². The van der Waals surface area contributed by atoms with E-state index in [2.05, 4.69) is 0 Å². The lowest BCUT2D eigenvalue weighted by Gasteiger charge is -2.28. The summed E-state index contributed by atoms with van der Waals surface area (Å²) in [4.78, 5) is 0. The number of ether oxygens (including phenoxy) is 1. The second kappa shape index (κ2) is 5.80. The summed E-state index contributed by atoms with van der Waals surface area (Å²) in [5.74, 6) is 0.00648. The fourth-order valence-electron chi connectivity index (χ4n) is 2.12. The van der Waals surface area contributed by atoms with Crippen LogP contribution in [-0.2, 0) is 4.74 Å². The summed E-state index contributed by atoms with van der Waals surface area (Å²) in [7, 11) is 0. The zero-order chi connectivity index (χ0) is 11.3. The molecule has 2 nitrogen and oxygen atoms in total. The summed E-state index contributed by atoms with van der Waals surface area (Å²) < 4.78 is 19.7. The van der Waals surface area contributed by atoms with Crippen LogP contribution in [0.4, 0.5) is 4.39 Å². The highest BCUT2D eigenvalue weighted by Crippen LogP contribution is 2.28. The molecule has 1 fully saturated rings. The smallest absolute Gasteiger partial charge is 0.125 e. The van der Waals surface area contributed by atoms with Crippen LogP contribution in [0, 0.1) is 5.92 Å². The van der Waals surface area contributed by atoms with Gasteiger partial charge in [0.15, 0.2) is 0 Å². The van der Waals surface area contributed by atoms with Crippen molar-refractivity contribution in [2.45, 2.75) is 57.7 Å². The second-order valence-corrected chi connectivity index (χ2v) is 4.92. The van der Waals surface area contributed by atoms with E-state index < -0.39 is 5.67 Å². The minimum absolute atomic E-state index is 0.00648. The molecule has 0 aromatic rings. The molecular formula is C12H24FNO. The van der Waals surface area contributed by atoms with Crippen molar-refractivity contribution in [2.24, 2.45) is 11.7 Å². The van der Waals surface area contributed by atoms with Gasteiger partial charge in [-0.05, 0) is 38.0 Å². The molecule has 2 unspecified atom stereocenters. The fraction of sp³-hybridized carbons (Fsp3) is 1.00. The van der Waals surface area contributed by atoms with Gasteiger partial charge >= 0.3 is 0 Å². The first-order chi connectivity index (χ1) is 7.08. The third-order valence-electron chi connectivity index (χ3n) is 3.52. The van der Waals surface area contributed by atoms with E-state index in [9.17, 15) is 4.39 Å². The average Bonchev–Trinajstić information content (AvgIpc) is 2.70. The van der Waals surface area contributed by atoms with E-state index in [1.165, 1.54) is 0 Å². The van der Waals surface area contributed by atoms with Crippen molar-refractivity contribution in [1.82, 2.24) is 0 Å². The van der Waals surface area contributed by atoms with Crippen LogP contribution in [0.15, 0.2) is 0 Å². The molecule has 3 heteroatoms. The van der Waals surface area contributed by atoms with Gasteiger partial charge in [-0.2, -0.15) is 0 Å². The first-order valence-electron chi connectivity index (χ1n) is 6.09. The SMILES string of the molecule is CC(C)C(F)(CN)CCCC1CCCO1. The minimum atomic E-state index is -1.18. The molecule has 0 amide bonds. The van der Waals surface area contributed by atoms with Crippen molar-refractivity contribution in [2.75, 3.05) is 13.2 Å². The van der Waals surface area contributed by atoms with Crippen molar-refractivity contribution >= 4 is 0 Å². The van der Waals surface area contributed by atoms with Crippen molar-refractivity contribution < 1.29 is 9.13 Å². The van der Waals surface area contributed by atoms with Gasteiger partial charge in [0.25, 0.3) is 0 Å². The van der Waals surface area contributed by atoms with Crippen LogP contribution in [0.2, 0.25) is 0 Å². The Hall–Kier alpha value is -0.150. The van der Waals surface area contributed by atoms with Crippen LogP contribution < -0.4 is 5.73 Å². The summed E-state index contributed by atoms with van der Waals surface area (Å²) in [6.45, 7) is 4.82. The number of nitrogens with two attached hydrogens (primary N) is 1. The maximum atomic E-state index is 14.2. The standard InChI is InChI=1S/C12H24FNO/c1-10(2)12(13,9-14)7-3-5-11-6-4-8-15-11/h10-11H,3-9,14H2,1-2H3. The molecule has 1 heterocycles. The van der Waals surface area contributed by atoms with Gasteiger partial charge in [0.05, 0.1) is 6.10 Å².